The minimum Gasteiger partial charge on any atom is -0.497 e. The monoisotopic (exact) mass is 412 g/mol. The summed E-state index contributed by atoms with van der Waals surface area (Å²) in [5, 5.41) is 2.57. The van der Waals surface area contributed by atoms with Crippen LogP contribution in [0.2, 0.25) is 0 Å². The average molecular weight is 413 g/mol. The minimum absolute atomic E-state index is 0.431. The summed E-state index contributed by atoms with van der Waals surface area (Å²) in [6.45, 7) is 6.50. The maximum atomic E-state index is 10.7. The van der Waals surface area contributed by atoms with E-state index in [1.54, 1.807) is 7.11 Å². The molecule has 2 aromatic rings. The molecule has 1 aliphatic rings. The van der Waals surface area contributed by atoms with Gasteiger partial charge in [-0.2, -0.15) is 0 Å². The van der Waals surface area contributed by atoms with Crippen molar-refractivity contribution in [2.24, 2.45) is 5.73 Å². The molecule has 2 amide bonds. The summed E-state index contributed by atoms with van der Waals surface area (Å²) in [5.41, 5.74) is 7.31. The van der Waals surface area contributed by atoms with Gasteiger partial charge < -0.3 is 25.4 Å². The van der Waals surface area contributed by atoms with E-state index < -0.39 is 6.03 Å². The fraction of sp³-hybridized carbons (Fsp3) is 0.435. The van der Waals surface area contributed by atoms with E-state index in [9.17, 15) is 4.79 Å². The molecule has 0 unspecified atom stereocenters. The number of methoxy groups -OCH3 is 1. The van der Waals surface area contributed by atoms with Gasteiger partial charge in [0, 0.05) is 44.5 Å². The quantitative estimate of drug-likeness (QED) is 0.587. The van der Waals surface area contributed by atoms with E-state index in [1.165, 1.54) is 5.69 Å². The van der Waals surface area contributed by atoms with Crippen molar-refractivity contribution in [2.75, 3.05) is 51.3 Å². The molecular formula is C23H32N4O3. The summed E-state index contributed by atoms with van der Waals surface area (Å²) in [6, 6.07) is 15.5. The number of unbranched alkanes of at least 4 members (excludes halogenated alkanes) is 1. The summed E-state index contributed by atoms with van der Waals surface area (Å²) in [5.74, 6) is 1.76. The number of hydrogen-bond donors (Lipinski definition) is 2. The zero-order chi connectivity index (χ0) is 21.2. The average Bonchev–Trinajstić information content (AvgIpc) is 2.78. The number of ether oxygens (including phenoxy) is 2. The molecule has 162 valence electrons. The fourth-order valence-corrected chi connectivity index (χ4v) is 3.56. The van der Waals surface area contributed by atoms with Crippen molar-refractivity contribution in [3.05, 3.63) is 54.1 Å². The number of hydrogen-bond acceptors (Lipinski definition) is 5. The number of urea groups is 1. The Labute approximate surface area is 178 Å². The highest BCUT2D eigenvalue weighted by atomic mass is 16.5. The lowest BCUT2D eigenvalue weighted by atomic mass is 10.2. The molecule has 0 aromatic heterocycles. The number of amides is 2. The first-order chi connectivity index (χ1) is 14.6. The van der Waals surface area contributed by atoms with Gasteiger partial charge in [-0.3, -0.25) is 4.90 Å². The first-order valence-electron chi connectivity index (χ1n) is 10.5. The van der Waals surface area contributed by atoms with Crippen LogP contribution >= 0.6 is 0 Å². The maximum absolute atomic E-state index is 10.7. The second kappa shape index (κ2) is 11.3. The summed E-state index contributed by atoms with van der Waals surface area (Å²) < 4.78 is 11.2. The Hall–Kier alpha value is -2.93. The standard InChI is InChI=1S/C23H32N4O3/c1-29-22-6-4-5-20(17-22)27-14-12-26(13-15-27)11-2-3-16-30-21-9-7-19(8-10-21)18-25-23(24)28/h4-10,17H,2-3,11-16,18H2,1H3,(H3,24,25,28). The zero-order valence-corrected chi connectivity index (χ0v) is 17.7. The van der Waals surface area contributed by atoms with Gasteiger partial charge in [0.05, 0.1) is 13.7 Å². The van der Waals surface area contributed by atoms with E-state index in [0.29, 0.717) is 13.2 Å². The molecule has 1 fully saturated rings. The van der Waals surface area contributed by atoms with Gasteiger partial charge in [-0.05, 0) is 49.2 Å². The third-order valence-corrected chi connectivity index (χ3v) is 5.32. The number of nitrogens with two attached hydrogens (primary N) is 1. The summed E-state index contributed by atoms with van der Waals surface area (Å²) >= 11 is 0. The lowest BCUT2D eigenvalue weighted by Gasteiger charge is -2.36. The molecule has 0 spiro atoms. The smallest absolute Gasteiger partial charge is 0.312 e. The van der Waals surface area contributed by atoms with Gasteiger partial charge in [-0.15, -0.1) is 0 Å². The molecule has 0 bridgehead atoms. The normalized spacial score (nSPS) is 14.4. The third kappa shape index (κ3) is 6.84. The second-order valence-corrected chi connectivity index (χ2v) is 7.45. The van der Waals surface area contributed by atoms with Crippen LogP contribution in [0.15, 0.2) is 48.5 Å². The van der Waals surface area contributed by atoms with Crippen molar-refractivity contribution in [3.63, 3.8) is 0 Å². The highest BCUT2D eigenvalue weighted by Crippen LogP contribution is 2.22. The summed E-state index contributed by atoms with van der Waals surface area (Å²) in [4.78, 5) is 15.7. The highest BCUT2D eigenvalue weighted by Gasteiger charge is 2.17. The van der Waals surface area contributed by atoms with Crippen molar-refractivity contribution >= 4 is 11.7 Å². The summed E-state index contributed by atoms with van der Waals surface area (Å²) in [7, 11) is 1.71. The molecule has 1 saturated heterocycles. The number of anilines is 1. The number of rotatable bonds is 10. The van der Waals surface area contributed by atoms with Crippen LogP contribution in [0.1, 0.15) is 18.4 Å². The molecule has 0 aliphatic carbocycles. The van der Waals surface area contributed by atoms with Gasteiger partial charge in [0.15, 0.2) is 0 Å². The van der Waals surface area contributed by atoms with E-state index >= 15 is 0 Å². The van der Waals surface area contributed by atoms with Crippen LogP contribution in [-0.4, -0.2) is 57.4 Å². The van der Waals surface area contributed by atoms with Gasteiger partial charge in [-0.25, -0.2) is 4.79 Å². The van der Waals surface area contributed by atoms with E-state index in [-0.39, 0.29) is 0 Å². The van der Waals surface area contributed by atoms with Gasteiger partial charge in [-0.1, -0.05) is 18.2 Å². The third-order valence-electron chi connectivity index (χ3n) is 5.32. The Balaban J connectivity index is 1.29. The fourth-order valence-electron chi connectivity index (χ4n) is 3.56. The van der Waals surface area contributed by atoms with Crippen LogP contribution in [0.3, 0.4) is 0 Å². The molecule has 2 aromatic carbocycles. The number of carbonyl (C=O) groups is 1. The Morgan fingerprint density at radius 2 is 1.80 bits per heavy atom. The van der Waals surface area contributed by atoms with Crippen molar-refractivity contribution in [1.29, 1.82) is 0 Å². The molecule has 7 nitrogen and oxygen atoms in total. The predicted octanol–water partition coefficient (Wildman–Crippen LogP) is 2.84. The van der Waals surface area contributed by atoms with Crippen molar-refractivity contribution in [2.45, 2.75) is 19.4 Å². The van der Waals surface area contributed by atoms with Crippen LogP contribution in [-0.2, 0) is 6.54 Å². The largest absolute Gasteiger partial charge is 0.497 e. The van der Waals surface area contributed by atoms with Crippen molar-refractivity contribution < 1.29 is 14.3 Å². The Morgan fingerprint density at radius 3 is 2.50 bits per heavy atom. The van der Waals surface area contributed by atoms with Crippen LogP contribution in [0, 0.1) is 0 Å². The predicted molar refractivity (Wildman–Crippen MR) is 119 cm³/mol. The van der Waals surface area contributed by atoms with Gasteiger partial charge in [0.1, 0.15) is 11.5 Å². The molecule has 3 N–H and O–H groups in total. The molecule has 30 heavy (non-hydrogen) atoms. The van der Waals surface area contributed by atoms with Gasteiger partial charge in [0.2, 0.25) is 0 Å². The zero-order valence-electron chi connectivity index (χ0n) is 17.7. The lowest BCUT2D eigenvalue weighted by molar-refractivity contribution is 0.238. The van der Waals surface area contributed by atoms with Gasteiger partial charge >= 0.3 is 6.03 Å². The van der Waals surface area contributed by atoms with Crippen LogP contribution < -0.4 is 25.4 Å². The summed E-state index contributed by atoms with van der Waals surface area (Å²) in [6.07, 6.45) is 2.15. The van der Waals surface area contributed by atoms with Crippen LogP contribution in [0.25, 0.3) is 0 Å². The van der Waals surface area contributed by atoms with Crippen molar-refractivity contribution in [3.8, 4) is 11.5 Å². The first-order valence-corrected chi connectivity index (χ1v) is 10.5. The Morgan fingerprint density at radius 1 is 1.03 bits per heavy atom. The van der Waals surface area contributed by atoms with E-state index in [2.05, 4.69) is 27.2 Å². The molecule has 1 heterocycles. The molecular weight excluding hydrogens is 380 g/mol. The molecule has 0 radical (unpaired) electrons. The number of piperazine rings is 1. The maximum Gasteiger partial charge on any atom is 0.312 e. The molecule has 1 aliphatic heterocycles. The Bertz CT molecular complexity index is 789. The number of carbonyl (C=O) groups excluding carboxylic acids is 1. The van der Waals surface area contributed by atoms with Gasteiger partial charge in [0.25, 0.3) is 0 Å². The van der Waals surface area contributed by atoms with Crippen LogP contribution in [0.4, 0.5) is 10.5 Å². The molecule has 0 atom stereocenters. The molecule has 3 rings (SSSR count). The topological polar surface area (TPSA) is 80.1 Å². The SMILES string of the molecule is COc1cccc(N2CCN(CCCCOc3ccc(CNC(N)=O)cc3)CC2)c1. The Kier molecular flexibility index (Phi) is 8.20. The number of primary amides is 1. The highest BCUT2D eigenvalue weighted by molar-refractivity contribution is 5.71. The van der Waals surface area contributed by atoms with E-state index in [1.807, 2.05) is 36.4 Å². The van der Waals surface area contributed by atoms with Crippen LogP contribution in [0.5, 0.6) is 11.5 Å². The number of nitrogens with zero attached hydrogens (tertiary/aromatic N) is 2. The van der Waals surface area contributed by atoms with E-state index in [4.69, 9.17) is 15.2 Å². The number of nitrogens with one attached hydrogen (secondary N) is 1. The van der Waals surface area contributed by atoms with Crippen molar-refractivity contribution in [1.82, 2.24) is 10.2 Å². The second-order valence-electron chi connectivity index (χ2n) is 7.45. The lowest BCUT2D eigenvalue weighted by Crippen LogP contribution is -2.46. The van der Waals surface area contributed by atoms with E-state index in [0.717, 1.165) is 62.6 Å². The molecule has 7 heteroatoms. The minimum atomic E-state index is -0.517. The first kappa shape index (κ1) is 21.8. The number of benzene rings is 2. The molecule has 0 saturated carbocycles.